The van der Waals surface area contributed by atoms with Crippen molar-refractivity contribution < 1.29 is 20.3 Å². The fraction of sp³-hybridized carbons (Fsp3) is 0.344. The van der Waals surface area contributed by atoms with E-state index in [0.717, 1.165) is 22.3 Å². The number of quaternary nitrogens is 1. The van der Waals surface area contributed by atoms with Gasteiger partial charge in [-0.15, -0.1) is 0 Å². The summed E-state index contributed by atoms with van der Waals surface area (Å²) in [6.07, 6.45) is 10.3. The van der Waals surface area contributed by atoms with Crippen LogP contribution in [0.25, 0.3) is 5.57 Å². The molecular weight excluding hydrogens is 512 g/mol. The van der Waals surface area contributed by atoms with E-state index < -0.39 is 10.9 Å². The molecule has 0 amide bonds. The molecule has 0 spiro atoms. The van der Waals surface area contributed by atoms with E-state index in [4.69, 9.17) is 16.7 Å². The number of halogens is 1. The Kier molecular flexibility index (Phi) is 10.3. The van der Waals surface area contributed by atoms with Crippen molar-refractivity contribution in [1.82, 2.24) is 10.3 Å². The molecule has 1 fully saturated rings. The number of nitrogens with one attached hydrogen (secondary N) is 1. The molecule has 0 heterocycles. The second-order valence-electron chi connectivity index (χ2n) is 10.3. The monoisotopic (exact) mass is 549 g/mol. The zero-order chi connectivity index (χ0) is 27.7. The summed E-state index contributed by atoms with van der Waals surface area (Å²) in [5.41, 5.74) is 8.50. The number of benzene rings is 3. The first kappa shape index (κ1) is 29.0. The van der Waals surface area contributed by atoms with Crippen LogP contribution < -0.4 is 10.3 Å². The Morgan fingerprint density at radius 2 is 1.67 bits per heavy atom. The number of carboxylic acid groups (broad SMARTS) is 1. The van der Waals surface area contributed by atoms with E-state index in [1.807, 2.05) is 60.7 Å². The number of hydrogen-bond acceptors (Lipinski definition) is 4. The number of unbranched alkanes of at least 4 members (excludes halogenated alkanes) is 1. The zero-order valence-electron chi connectivity index (χ0n) is 22.2. The largest absolute Gasteiger partial charge is 0.481 e. The standard InChI is InChI=1S/C32H37ClN2O4/c33-29-10-6-9-28(23-29)31(11-4-5-12-32(36)37)27-15-13-24(14-16-27)21-22-34-35(38,39)30-19-17-26(18-20-30)25-7-2-1-3-8-25/h6,9-11,13-20,23,25,34,38-39H,1-5,7-8,12,21-22H2/p+1/b31-11+. The molecule has 1 saturated carbocycles. The minimum absolute atomic E-state index is 0.131. The van der Waals surface area contributed by atoms with E-state index >= 15 is 0 Å². The third kappa shape index (κ3) is 8.49. The third-order valence-electron chi connectivity index (χ3n) is 7.42. The van der Waals surface area contributed by atoms with Crippen LogP contribution in [-0.2, 0) is 11.2 Å². The van der Waals surface area contributed by atoms with Gasteiger partial charge in [0.15, 0.2) is 0 Å². The van der Waals surface area contributed by atoms with Crippen LogP contribution in [0.5, 0.6) is 0 Å². The molecule has 206 valence electrons. The van der Waals surface area contributed by atoms with Gasteiger partial charge < -0.3 is 5.11 Å². The Morgan fingerprint density at radius 1 is 0.949 bits per heavy atom. The Labute approximate surface area is 235 Å². The van der Waals surface area contributed by atoms with Gasteiger partial charge >= 0.3 is 5.97 Å². The zero-order valence-corrected chi connectivity index (χ0v) is 23.0. The molecule has 0 aliphatic heterocycles. The summed E-state index contributed by atoms with van der Waals surface area (Å²) in [6.45, 7) is 0.364. The van der Waals surface area contributed by atoms with Crippen LogP contribution in [0.3, 0.4) is 0 Å². The van der Waals surface area contributed by atoms with Gasteiger partial charge in [0.1, 0.15) is 0 Å². The van der Waals surface area contributed by atoms with Gasteiger partial charge in [-0.1, -0.05) is 90.9 Å². The molecule has 39 heavy (non-hydrogen) atoms. The number of carboxylic acids is 1. The normalized spacial score (nSPS) is 14.9. The molecule has 6 nitrogen and oxygen atoms in total. The second kappa shape index (κ2) is 13.9. The van der Waals surface area contributed by atoms with E-state index in [1.165, 1.54) is 37.7 Å². The van der Waals surface area contributed by atoms with Crippen molar-refractivity contribution in [2.24, 2.45) is 0 Å². The summed E-state index contributed by atoms with van der Waals surface area (Å²) < 4.78 is 0. The summed E-state index contributed by atoms with van der Waals surface area (Å²) in [4.78, 5) is 9.53. The van der Waals surface area contributed by atoms with Gasteiger partial charge in [-0.25, -0.2) is 0 Å². The maximum absolute atomic E-state index is 10.9. The number of nitrogens with zero attached hydrogens (tertiary/aromatic N) is 1. The summed E-state index contributed by atoms with van der Waals surface area (Å²) >= 11 is 6.23. The van der Waals surface area contributed by atoms with Crippen LogP contribution in [0.1, 0.15) is 79.5 Å². The van der Waals surface area contributed by atoms with E-state index in [9.17, 15) is 15.2 Å². The van der Waals surface area contributed by atoms with Gasteiger partial charge in [0, 0.05) is 23.6 Å². The number of hydrogen-bond donors (Lipinski definition) is 4. The van der Waals surface area contributed by atoms with Gasteiger partial charge in [-0.05, 0) is 78.0 Å². The number of aliphatic carboxylic acids is 1. The highest BCUT2D eigenvalue weighted by Gasteiger charge is 2.27. The van der Waals surface area contributed by atoms with Gasteiger partial charge in [0.05, 0.1) is 11.5 Å². The number of carbonyl (C=O) groups is 1. The molecule has 0 radical (unpaired) electrons. The van der Waals surface area contributed by atoms with Gasteiger partial charge in [-0.3, -0.25) is 4.79 Å². The lowest BCUT2D eigenvalue weighted by Gasteiger charge is -2.23. The predicted molar refractivity (Wildman–Crippen MR) is 156 cm³/mol. The third-order valence-corrected chi connectivity index (χ3v) is 7.65. The predicted octanol–water partition coefficient (Wildman–Crippen LogP) is 7.91. The van der Waals surface area contributed by atoms with Crippen molar-refractivity contribution in [3.05, 3.63) is 106 Å². The van der Waals surface area contributed by atoms with Crippen LogP contribution in [0.15, 0.2) is 78.9 Å². The summed E-state index contributed by atoms with van der Waals surface area (Å²) in [5.74, 6) is -0.225. The first-order valence-electron chi connectivity index (χ1n) is 13.8. The fourth-order valence-electron chi connectivity index (χ4n) is 5.25. The highest BCUT2D eigenvalue weighted by molar-refractivity contribution is 6.30. The van der Waals surface area contributed by atoms with E-state index in [2.05, 4.69) is 11.5 Å². The van der Waals surface area contributed by atoms with Crippen LogP contribution in [0.4, 0.5) is 5.69 Å². The molecular formula is C32H38ClN2O4+. The van der Waals surface area contributed by atoms with Crippen LogP contribution in [0, 0.1) is 0 Å². The van der Waals surface area contributed by atoms with E-state index in [-0.39, 0.29) is 6.42 Å². The second-order valence-corrected chi connectivity index (χ2v) is 10.7. The van der Waals surface area contributed by atoms with Gasteiger partial charge in [-0.2, -0.15) is 10.4 Å². The molecule has 3 aromatic rings. The maximum atomic E-state index is 10.9. The summed E-state index contributed by atoms with van der Waals surface area (Å²) in [7, 11) is 0. The van der Waals surface area contributed by atoms with Crippen molar-refractivity contribution in [1.29, 1.82) is 0 Å². The van der Waals surface area contributed by atoms with Crippen LogP contribution >= 0.6 is 11.6 Å². The molecule has 0 bridgehead atoms. The molecule has 4 rings (SSSR count). The minimum atomic E-state index is -1.36. The molecule has 0 aromatic heterocycles. The van der Waals surface area contributed by atoms with Crippen molar-refractivity contribution in [2.75, 3.05) is 6.54 Å². The first-order valence-corrected chi connectivity index (χ1v) is 14.2. The van der Waals surface area contributed by atoms with Crippen molar-refractivity contribution in [3.8, 4) is 0 Å². The van der Waals surface area contributed by atoms with Gasteiger partial charge in [0.25, 0.3) is 0 Å². The van der Waals surface area contributed by atoms with E-state index in [1.54, 1.807) is 12.1 Å². The van der Waals surface area contributed by atoms with Crippen LogP contribution in [-0.4, -0.2) is 28.0 Å². The van der Waals surface area contributed by atoms with Crippen molar-refractivity contribution in [3.63, 3.8) is 0 Å². The molecule has 0 saturated heterocycles. The van der Waals surface area contributed by atoms with E-state index in [0.29, 0.717) is 42.4 Å². The Bertz CT molecular complexity index is 1250. The first-order chi connectivity index (χ1) is 18.8. The lowest BCUT2D eigenvalue weighted by Crippen LogP contribution is -2.55. The molecule has 0 unspecified atom stereocenters. The molecule has 3 aromatic carbocycles. The smallest absolute Gasteiger partial charge is 0.303 e. The summed E-state index contributed by atoms with van der Waals surface area (Å²) in [5, 5.41) is 30.8. The Hall–Kier alpha value is -3.00. The quantitative estimate of drug-likeness (QED) is 0.105. The number of rotatable bonds is 12. The minimum Gasteiger partial charge on any atom is -0.481 e. The average Bonchev–Trinajstić information content (AvgIpc) is 2.94. The number of allylic oxidation sites excluding steroid dienone is 1. The average molecular weight is 550 g/mol. The topological polar surface area (TPSA) is 89.8 Å². The highest BCUT2D eigenvalue weighted by Crippen LogP contribution is 2.33. The van der Waals surface area contributed by atoms with Gasteiger partial charge in [0.2, 0.25) is 5.69 Å². The Morgan fingerprint density at radius 3 is 2.33 bits per heavy atom. The SMILES string of the molecule is O=C(O)CCC/C=C(\c1ccc(CCN[N+](O)(O)c2ccc(C3CCCCC3)cc2)cc1)c1cccc(Cl)c1. The maximum Gasteiger partial charge on any atom is 0.303 e. The lowest BCUT2D eigenvalue weighted by atomic mass is 9.84. The molecule has 1 aliphatic rings. The molecule has 1 aliphatic carbocycles. The van der Waals surface area contributed by atoms with Crippen molar-refractivity contribution in [2.45, 2.75) is 63.7 Å². The lowest BCUT2D eigenvalue weighted by molar-refractivity contribution is -0.324. The van der Waals surface area contributed by atoms with Crippen molar-refractivity contribution >= 4 is 28.8 Å². The van der Waals surface area contributed by atoms with Crippen LogP contribution in [0.2, 0.25) is 5.02 Å². The Balaban J connectivity index is 1.36. The molecule has 0 atom stereocenters. The molecule has 7 heteroatoms. The fourth-order valence-corrected chi connectivity index (χ4v) is 5.44. The molecule has 4 N–H and O–H groups in total. The summed E-state index contributed by atoms with van der Waals surface area (Å²) in [6, 6.07) is 23.3. The highest BCUT2D eigenvalue weighted by atomic mass is 35.5.